The van der Waals surface area contributed by atoms with E-state index in [0.29, 0.717) is 5.56 Å². The van der Waals surface area contributed by atoms with Crippen molar-refractivity contribution in [1.29, 1.82) is 0 Å². The number of amides is 1. The highest BCUT2D eigenvalue weighted by molar-refractivity contribution is 5.97. The monoisotopic (exact) mass is 280 g/mol. The summed E-state index contributed by atoms with van der Waals surface area (Å²) in [4.78, 5) is 19.6. The first-order chi connectivity index (χ1) is 10.3. The molecule has 6 nitrogen and oxygen atoms in total. The summed E-state index contributed by atoms with van der Waals surface area (Å²) in [6, 6.07) is 11.0. The van der Waals surface area contributed by atoms with E-state index in [9.17, 15) is 4.79 Å². The zero-order valence-corrected chi connectivity index (χ0v) is 10.9. The molecule has 0 saturated heterocycles. The summed E-state index contributed by atoms with van der Waals surface area (Å²) in [5, 5.41) is 12.7. The van der Waals surface area contributed by atoms with Crippen LogP contribution in [-0.2, 0) is 0 Å². The molecule has 3 N–H and O–H groups in total. The Morgan fingerprint density at radius 3 is 2.62 bits per heavy atom. The molecule has 21 heavy (non-hydrogen) atoms. The third-order valence-corrected chi connectivity index (χ3v) is 3.01. The number of rotatable bonds is 3. The molecule has 104 valence electrons. The van der Waals surface area contributed by atoms with Gasteiger partial charge in [0.2, 0.25) is 0 Å². The Hall–Kier alpha value is -2.99. The highest BCUT2D eigenvalue weighted by atomic mass is 16.5. The first-order valence-corrected chi connectivity index (χ1v) is 6.27. The van der Waals surface area contributed by atoms with Crippen molar-refractivity contribution in [3.05, 3.63) is 60.6 Å². The standard InChI is InChI=1S/C15H12N4O2/c20-15(19-21)11-7-10-8-13(1-2-14(10)17-9-11)18-12-3-5-16-6-4-12/h1-9,21H,(H,16,18)(H,19,20). The minimum absolute atomic E-state index is 0.297. The molecule has 1 aromatic carbocycles. The number of hydroxylamine groups is 1. The van der Waals surface area contributed by atoms with E-state index >= 15 is 0 Å². The smallest absolute Gasteiger partial charge is 0.276 e. The van der Waals surface area contributed by atoms with Gasteiger partial charge in [-0.3, -0.25) is 20.0 Å². The lowest BCUT2D eigenvalue weighted by molar-refractivity contribution is 0.0706. The van der Waals surface area contributed by atoms with E-state index in [1.807, 2.05) is 30.3 Å². The van der Waals surface area contributed by atoms with Crippen LogP contribution < -0.4 is 10.8 Å². The highest BCUT2D eigenvalue weighted by Gasteiger charge is 2.06. The number of hydrogen-bond donors (Lipinski definition) is 3. The maximum absolute atomic E-state index is 11.4. The zero-order chi connectivity index (χ0) is 14.7. The lowest BCUT2D eigenvalue weighted by atomic mass is 10.1. The Labute approximate surface area is 120 Å². The molecule has 0 radical (unpaired) electrons. The summed E-state index contributed by atoms with van der Waals surface area (Å²) in [6.45, 7) is 0. The van der Waals surface area contributed by atoms with E-state index in [0.717, 1.165) is 22.3 Å². The molecule has 0 fully saturated rings. The number of hydrogen-bond acceptors (Lipinski definition) is 5. The SMILES string of the molecule is O=C(NO)c1cnc2ccc(Nc3ccncc3)cc2c1. The van der Waals surface area contributed by atoms with Gasteiger partial charge < -0.3 is 5.32 Å². The van der Waals surface area contributed by atoms with Gasteiger partial charge in [-0.25, -0.2) is 5.48 Å². The normalized spacial score (nSPS) is 10.3. The minimum atomic E-state index is -0.586. The molecule has 2 heterocycles. The van der Waals surface area contributed by atoms with Gasteiger partial charge in [0.25, 0.3) is 5.91 Å². The first kappa shape index (κ1) is 13.0. The zero-order valence-electron chi connectivity index (χ0n) is 10.9. The molecule has 0 aliphatic rings. The molecule has 0 spiro atoms. The summed E-state index contributed by atoms with van der Waals surface area (Å²) in [6.07, 6.45) is 4.83. The van der Waals surface area contributed by atoms with Crippen molar-refractivity contribution >= 4 is 28.2 Å². The predicted molar refractivity (Wildman–Crippen MR) is 78.5 cm³/mol. The number of pyridine rings is 2. The summed E-state index contributed by atoms with van der Waals surface area (Å²) >= 11 is 0. The number of nitrogens with zero attached hydrogens (tertiary/aromatic N) is 2. The molecule has 3 rings (SSSR count). The topological polar surface area (TPSA) is 87.1 Å². The van der Waals surface area contributed by atoms with Gasteiger partial charge in [0, 0.05) is 35.4 Å². The third kappa shape index (κ3) is 2.80. The van der Waals surface area contributed by atoms with Crippen molar-refractivity contribution < 1.29 is 10.0 Å². The number of benzene rings is 1. The fraction of sp³-hybridized carbons (Fsp3) is 0. The van der Waals surface area contributed by atoms with Crippen molar-refractivity contribution in [1.82, 2.24) is 15.4 Å². The van der Waals surface area contributed by atoms with E-state index in [-0.39, 0.29) is 0 Å². The summed E-state index contributed by atoms with van der Waals surface area (Å²) < 4.78 is 0. The Morgan fingerprint density at radius 2 is 1.86 bits per heavy atom. The second-order valence-electron chi connectivity index (χ2n) is 4.43. The molecule has 6 heteroatoms. The van der Waals surface area contributed by atoms with Crippen LogP contribution in [0.25, 0.3) is 10.9 Å². The maximum Gasteiger partial charge on any atom is 0.276 e. The van der Waals surface area contributed by atoms with Gasteiger partial charge in [0.15, 0.2) is 0 Å². The van der Waals surface area contributed by atoms with E-state index in [4.69, 9.17) is 5.21 Å². The largest absolute Gasteiger partial charge is 0.355 e. The number of nitrogens with one attached hydrogen (secondary N) is 2. The van der Waals surface area contributed by atoms with Gasteiger partial charge >= 0.3 is 0 Å². The lowest BCUT2D eigenvalue weighted by Crippen LogP contribution is -2.18. The number of fused-ring (bicyclic) bond motifs is 1. The number of anilines is 2. The van der Waals surface area contributed by atoms with Gasteiger partial charge in [-0.2, -0.15) is 0 Å². The molecule has 0 bridgehead atoms. The number of aromatic nitrogens is 2. The van der Waals surface area contributed by atoms with Gasteiger partial charge in [0.1, 0.15) is 0 Å². The van der Waals surface area contributed by atoms with Crippen molar-refractivity contribution in [3.63, 3.8) is 0 Å². The van der Waals surface area contributed by atoms with Crippen LogP contribution in [0.5, 0.6) is 0 Å². The molecule has 0 atom stereocenters. The van der Waals surface area contributed by atoms with Gasteiger partial charge in [0.05, 0.1) is 11.1 Å². The molecule has 2 aromatic heterocycles. The van der Waals surface area contributed by atoms with E-state index in [1.54, 1.807) is 23.9 Å². The van der Waals surface area contributed by atoms with Crippen LogP contribution in [0.1, 0.15) is 10.4 Å². The van der Waals surface area contributed by atoms with E-state index in [1.165, 1.54) is 6.20 Å². The van der Waals surface area contributed by atoms with Crippen molar-refractivity contribution in [2.75, 3.05) is 5.32 Å². The van der Waals surface area contributed by atoms with Crippen LogP contribution in [0.4, 0.5) is 11.4 Å². The molecule has 0 aliphatic heterocycles. The fourth-order valence-electron chi connectivity index (χ4n) is 2.00. The van der Waals surface area contributed by atoms with Crippen LogP contribution in [0.15, 0.2) is 55.0 Å². The Morgan fingerprint density at radius 1 is 1.05 bits per heavy atom. The Bertz CT molecular complexity index is 790. The minimum Gasteiger partial charge on any atom is -0.355 e. The summed E-state index contributed by atoms with van der Waals surface area (Å²) in [5.41, 5.74) is 4.45. The quantitative estimate of drug-likeness (QED) is 0.507. The Kier molecular flexibility index (Phi) is 3.44. The highest BCUT2D eigenvalue weighted by Crippen LogP contribution is 2.21. The molecule has 0 unspecified atom stereocenters. The van der Waals surface area contributed by atoms with Crippen LogP contribution in [-0.4, -0.2) is 21.1 Å². The van der Waals surface area contributed by atoms with Gasteiger partial charge in [-0.1, -0.05) is 0 Å². The molecule has 1 amide bonds. The van der Waals surface area contributed by atoms with Gasteiger partial charge in [-0.15, -0.1) is 0 Å². The maximum atomic E-state index is 11.4. The van der Waals surface area contributed by atoms with Crippen LogP contribution in [0.2, 0.25) is 0 Å². The van der Waals surface area contributed by atoms with Crippen molar-refractivity contribution in [3.8, 4) is 0 Å². The van der Waals surface area contributed by atoms with Crippen LogP contribution in [0.3, 0.4) is 0 Å². The summed E-state index contributed by atoms with van der Waals surface area (Å²) in [5.74, 6) is -0.586. The number of carbonyl (C=O) groups is 1. The molecule has 0 aliphatic carbocycles. The number of carbonyl (C=O) groups excluding carboxylic acids is 1. The second kappa shape index (κ2) is 5.56. The average molecular weight is 280 g/mol. The molecule has 0 saturated carbocycles. The fourth-order valence-corrected chi connectivity index (χ4v) is 2.00. The van der Waals surface area contributed by atoms with E-state index < -0.39 is 5.91 Å². The van der Waals surface area contributed by atoms with Crippen LogP contribution >= 0.6 is 0 Å². The molecular weight excluding hydrogens is 268 g/mol. The summed E-state index contributed by atoms with van der Waals surface area (Å²) in [7, 11) is 0. The van der Waals surface area contributed by atoms with Crippen LogP contribution in [0, 0.1) is 0 Å². The second-order valence-corrected chi connectivity index (χ2v) is 4.43. The lowest BCUT2D eigenvalue weighted by Gasteiger charge is -2.07. The van der Waals surface area contributed by atoms with Crippen molar-refractivity contribution in [2.45, 2.75) is 0 Å². The molecular formula is C15H12N4O2. The molecule has 3 aromatic rings. The van der Waals surface area contributed by atoms with Crippen molar-refractivity contribution in [2.24, 2.45) is 0 Å². The third-order valence-electron chi connectivity index (χ3n) is 3.01. The Balaban J connectivity index is 1.96. The van der Waals surface area contributed by atoms with Gasteiger partial charge in [-0.05, 0) is 36.4 Å². The van der Waals surface area contributed by atoms with E-state index in [2.05, 4.69) is 15.3 Å². The average Bonchev–Trinajstić information content (AvgIpc) is 2.54. The first-order valence-electron chi connectivity index (χ1n) is 6.27. The predicted octanol–water partition coefficient (Wildman–Crippen LogP) is 2.49.